The van der Waals surface area contributed by atoms with Gasteiger partial charge in [-0.15, -0.1) is 0 Å². The number of hydrogen-bond acceptors (Lipinski definition) is 3. The molecule has 2 rings (SSSR count). The second-order valence-electron chi connectivity index (χ2n) is 5.11. The summed E-state index contributed by atoms with van der Waals surface area (Å²) in [7, 11) is 1.96. The zero-order valence-corrected chi connectivity index (χ0v) is 11.5. The number of hydrogen-bond donors (Lipinski definition) is 1. The van der Waals surface area contributed by atoms with Crippen LogP contribution in [0.3, 0.4) is 0 Å². The summed E-state index contributed by atoms with van der Waals surface area (Å²) in [6, 6.07) is 0.364. The first-order valence-corrected chi connectivity index (χ1v) is 7.70. The molecule has 3 nitrogen and oxygen atoms in total. The molecule has 0 aromatic carbocycles. The number of aryl methyl sites for hydroxylation is 2. The van der Waals surface area contributed by atoms with Gasteiger partial charge in [-0.25, -0.2) is 0 Å². The minimum absolute atomic E-state index is 0.364. The molecule has 4 heteroatoms. The first-order valence-electron chi connectivity index (χ1n) is 6.55. The molecule has 1 aromatic heterocycles. The zero-order valence-electron chi connectivity index (χ0n) is 10.6. The van der Waals surface area contributed by atoms with Crippen LogP contribution in [0.25, 0.3) is 0 Å². The van der Waals surface area contributed by atoms with Crippen LogP contribution in [0.4, 0.5) is 0 Å². The van der Waals surface area contributed by atoms with Crippen molar-refractivity contribution in [3.05, 3.63) is 18.0 Å². The molecule has 1 aromatic rings. The molecule has 1 fully saturated rings. The Labute approximate surface area is 108 Å². The molecular weight excluding hydrogens is 230 g/mol. The normalized spacial score (nSPS) is 19.4. The summed E-state index contributed by atoms with van der Waals surface area (Å²) < 4.78 is 1.86. The Balaban J connectivity index is 1.68. The Kier molecular flexibility index (Phi) is 4.92. The highest BCUT2D eigenvalue weighted by atomic mass is 32.2. The molecule has 0 radical (unpaired) electrons. The van der Waals surface area contributed by atoms with Crippen LogP contribution >= 0.6 is 11.8 Å². The van der Waals surface area contributed by atoms with Crippen molar-refractivity contribution in [1.29, 1.82) is 0 Å². The van der Waals surface area contributed by atoms with Crippen LogP contribution in [-0.4, -0.2) is 27.3 Å². The van der Waals surface area contributed by atoms with E-state index in [0.717, 1.165) is 18.8 Å². The lowest BCUT2D eigenvalue weighted by Gasteiger charge is -2.24. The predicted molar refractivity (Wildman–Crippen MR) is 74.2 cm³/mol. The van der Waals surface area contributed by atoms with Crippen molar-refractivity contribution < 1.29 is 0 Å². The molecule has 1 atom stereocenters. The van der Waals surface area contributed by atoms with Crippen molar-refractivity contribution in [3.63, 3.8) is 0 Å². The fraction of sp³-hybridized carbons (Fsp3) is 0.769. The average molecular weight is 253 g/mol. The minimum atomic E-state index is 0.364. The summed E-state index contributed by atoms with van der Waals surface area (Å²) >= 11 is 2.09. The summed E-state index contributed by atoms with van der Waals surface area (Å²) in [6.07, 6.45) is 10.1. The second kappa shape index (κ2) is 6.45. The van der Waals surface area contributed by atoms with E-state index in [0.29, 0.717) is 6.04 Å². The van der Waals surface area contributed by atoms with Crippen molar-refractivity contribution in [2.45, 2.75) is 38.1 Å². The highest BCUT2D eigenvalue weighted by Crippen LogP contribution is 2.26. The number of rotatable bonds is 5. The number of nitrogens with two attached hydrogens (primary N) is 1. The van der Waals surface area contributed by atoms with Gasteiger partial charge in [-0.05, 0) is 55.1 Å². The molecule has 0 amide bonds. The summed E-state index contributed by atoms with van der Waals surface area (Å²) in [4.78, 5) is 0. The summed E-state index contributed by atoms with van der Waals surface area (Å²) in [5, 5.41) is 4.18. The quantitative estimate of drug-likeness (QED) is 0.875. The van der Waals surface area contributed by atoms with E-state index < -0.39 is 0 Å². The highest BCUT2D eigenvalue weighted by Gasteiger charge is 2.16. The van der Waals surface area contributed by atoms with Gasteiger partial charge in [0.05, 0.1) is 6.20 Å². The third kappa shape index (κ3) is 4.36. The van der Waals surface area contributed by atoms with Crippen molar-refractivity contribution in [1.82, 2.24) is 9.78 Å². The maximum Gasteiger partial charge on any atom is 0.0521 e. The lowest BCUT2D eigenvalue weighted by atomic mass is 9.92. The van der Waals surface area contributed by atoms with E-state index in [1.807, 2.05) is 17.9 Å². The van der Waals surface area contributed by atoms with E-state index in [-0.39, 0.29) is 0 Å². The molecule has 1 aliphatic rings. The van der Waals surface area contributed by atoms with Gasteiger partial charge >= 0.3 is 0 Å². The monoisotopic (exact) mass is 253 g/mol. The van der Waals surface area contributed by atoms with Crippen molar-refractivity contribution in [2.75, 3.05) is 11.5 Å². The number of aromatic nitrogens is 2. The SMILES string of the molecule is Cn1cc(CCC(N)CC2CCSCC2)cn1. The van der Waals surface area contributed by atoms with Crippen LogP contribution in [0.5, 0.6) is 0 Å². The maximum absolute atomic E-state index is 6.23. The van der Waals surface area contributed by atoms with Gasteiger partial charge in [0, 0.05) is 19.3 Å². The Hall–Kier alpha value is -0.480. The Morgan fingerprint density at radius 3 is 2.94 bits per heavy atom. The van der Waals surface area contributed by atoms with Gasteiger partial charge < -0.3 is 5.73 Å². The van der Waals surface area contributed by atoms with Crippen molar-refractivity contribution in [3.8, 4) is 0 Å². The first kappa shape index (κ1) is 13.0. The smallest absolute Gasteiger partial charge is 0.0521 e. The van der Waals surface area contributed by atoms with Gasteiger partial charge in [-0.1, -0.05) is 0 Å². The lowest BCUT2D eigenvalue weighted by Crippen LogP contribution is -2.26. The number of thioether (sulfide) groups is 1. The highest BCUT2D eigenvalue weighted by molar-refractivity contribution is 7.99. The molecule has 0 aliphatic carbocycles. The lowest BCUT2D eigenvalue weighted by molar-refractivity contribution is 0.396. The fourth-order valence-corrected chi connectivity index (χ4v) is 3.69. The molecule has 1 saturated heterocycles. The molecule has 1 unspecified atom stereocenters. The van der Waals surface area contributed by atoms with Gasteiger partial charge in [-0.3, -0.25) is 4.68 Å². The van der Waals surface area contributed by atoms with Crippen LogP contribution in [0.2, 0.25) is 0 Å². The third-order valence-electron chi connectivity index (χ3n) is 3.54. The molecule has 0 spiro atoms. The molecule has 0 bridgehead atoms. The first-order chi connectivity index (χ1) is 8.24. The molecule has 0 saturated carbocycles. The van der Waals surface area contributed by atoms with E-state index in [1.54, 1.807) is 0 Å². The van der Waals surface area contributed by atoms with Gasteiger partial charge in [0.2, 0.25) is 0 Å². The van der Waals surface area contributed by atoms with Crippen LogP contribution in [0.1, 0.15) is 31.2 Å². The molecule has 2 N–H and O–H groups in total. The Morgan fingerprint density at radius 2 is 2.29 bits per heavy atom. The summed E-state index contributed by atoms with van der Waals surface area (Å²) in [5.41, 5.74) is 7.53. The molecule has 17 heavy (non-hydrogen) atoms. The minimum Gasteiger partial charge on any atom is -0.328 e. The van der Waals surface area contributed by atoms with Gasteiger partial charge in [-0.2, -0.15) is 16.9 Å². The zero-order chi connectivity index (χ0) is 12.1. The van der Waals surface area contributed by atoms with E-state index in [9.17, 15) is 0 Å². The van der Waals surface area contributed by atoms with Crippen LogP contribution in [0.15, 0.2) is 12.4 Å². The molecular formula is C13H23N3S. The third-order valence-corrected chi connectivity index (χ3v) is 4.59. The van der Waals surface area contributed by atoms with Crippen LogP contribution in [0, 0.1) is 5.92 Å². The second-order valence-corrected chi connectivity index (χ2v) is 6.34. The average Bonchev–Trinajstić information content (AvgIpc) is 2.74. The topological polar surface area (TPSA) is 43.8 Å². The summed E-state index contributed by atoms with van der Waals surface area (Å²) in [6.45, 7) is 0. The predicted octanol–water partition coefficient (Wildman–Crippen LogP) is 2.21. The van der Waals surface area contributed by atoms with Gasteiger partial charge in [0.1, 0.15) is 0 Å². The van der Waals surface area contributed by atoms with Gasteiger partial charge in [0.15, 0.2) is 0 Å². The van der Waals surface area contributed by atoms with E-state index in [4.69, 9.17) is 5.73 Å². The maximum atomic E-state index is 6.23. The van der Waals surface area contributed by atoms with Gasteiger partial charge in [0.25, 0.3) is 0 Å². The molecule has 1 aliphatic heterocycles. The van der Waals surface area contributed by atoms with E-state index in [1.165, 1.54) is 36.3 Å². The van der Waals surface area contributed by atoms with Crippen molar-refractivity contribution >= 4 is 11.8 Å². The molecule has 96 valence electrons. The van der Waals surface area contributed by atoms with Crippen LogP contribution < -0.4 is 5.73 Å². The standard InChI is InChI=1S/C13H23N3S/c1-16-10-12(9-15-16)2-3-13(14)8-11-4-6-17-7-5-11/h9-11,13H,2-8,14H2,1H3. The Bertz CT molecular complexity index is 331. The van der Waals surface area contributed by atoms with E-state index in [2.05, 4.69) is 23.1 Å². The summed E-state index contributed by atoms with van der Waals surface area (Å²) in [5.74, 6) is 3.54. The van der Waals surface area contributed by atoms with Crippen LogP contribution in [-0.2, 0) is 13.5 Å². The molecule has 2 heterocycles. The van der Waals surface area contributed by atoms with E-state index >= 15 is 0 Å². The Morgan fingerprint density at radius 1 is 1.53 bits per heavy atom. The largest absolute Gasteiger partial charge is 0.328 e. The fourth-order valence-electron chi connectivity index (χ4n) is 2.48. The van der Waals surface area contributed by atoms with Crippen molar-refractivity contribution in [2.24, 2.45) is 18.7 Å². The number of nitrogens with zero attached hydrogens (tertiary/aromatic N) is 2.